The molecule has 76 valence electrons. The van der Waals surface area contributed by atoms with Crippen molar-refractivity contribution in [2.24, 2.45) is 5.73 Å². The molecule has 14 heavy (non-hydrogen) atoms. The van der Waals surface area contributed by atoms with Crippen molar-refractivity contribution < 1.29 is 4.79 Å². The summed E-state index contributed by atoms with van der Waals surface area (Å²) < 4.78 is 0. The third-order valence-electron chi connectivity index (χ3n) is 2.58. The first-order chi connectivity index (χ1) is 6.68. The number of likely N-dealkylation sites (tertiary alicyclic amines) is 1. The average Bonchev–Trinajstić information content (AvgIpc) is 2.71. The second-order valence-corrected chi connectivity index (χ2v) is 4.46. The van der Waals surface area contributed by atoms with Gasteiger partial charge in [0.2, 0.25) is 0 Å². The summed E-state index contributed by atoms with van der Waals surface area (Å²) in [6, 6.07) is 0.382. The summed E-state index contributed by atoms with van der Waals surface area (Å²) in [4.78, 5) is 17.4. The number of carbonyl (C=O) groups excluding carboxylic acids is 1. The minimum Gasteiger partial charge on any atom is -0.364 e. The first-order valence-corrected chi connectivity index (χ1v) is 5.52. The monoisotopic (exact) mass is 211 g/mol. The Morgan fingerprint density at radius 3 is 3.07 bits per heavy atom. The SMILES string of the molecule is CN1CCCC1c1nc(C(N)=O)cs1. The molecule has 1 aromatic rings. The van der Waals surface area contributed by atoms with E-state index in [0.29, 0.717) is 11.7 Å². The Morgan fingerprint density at radius 2 is 2.57 bits per heavy atom. The molecule has 0 aliphatic carbocycles. The van der Waals surface area contributed by atoms with Gasteiger partial charge in [0.25, 0.3) is 5.91 Å². The maximum atomic E-state index is 10.9. The number of carbonyl (C=O) groups is 1. The molecule has 1 atom stereocenters. The van der Waals surface area contributed by atoms with Gasteiger partial charge in [0.15, 0.2) is 0 Å². The molecule has 2 heterocycles. The Hall–Kier alpha value is -0.940. The standard InChI is InChI=1S/C9H13N3OS/c1-12-4-2-3-7(12)9-11-6(5-14-9)8(10)13/h5,7H,2-4H2,1H3,(H2,10,13). The second-order valence-electron chi connectivity index (χ2n) is 3.57. The molecule has 1 aliphatic rings. The molecule has 1 aromatic heterocycles. The summed E-state index contributed by atoms with van der Waals surface area (Å²) in [6.07, 6.45) is 2.33. The van der Waals surface area contributed by atoms with Crippen LogP contribution < -0.4 is 5.73 Å². The van der Waals surface area contributed by atoms with E-state index in [-0.39, 0.29) is 0 Å². The summed E-state index contributed by atoms with van der Waals surface area (Å²) >= 11 is 1.53. The van der Waals surface area contributed by atoms with Gasteiger partial charge in [-0.25, -0.2) is 4.98 Å². The van der Waals surface area contributed by atoms with Crippen molar-refractivity contribution in [1.82, 2.24) is 9.88 Å². The highest BCUT2D eigenvalue weighted by Crippen LogP contribution is 2.31. The van der Waals surface area contributed by atoms with Crippen LogP contribution in [0.4, 0.5) is 0 Å². The van der Waals surface area contributed by atoms with Gasteiger partial charge < -0.3 is 5.73 Å². The van der Waals surface area contributed by atoms with E-state index in [1.54, 1.807) is 5.38 Å². The summed E-state index contributed by atoms with van der Waals surface area (Å²) in [5, 5.41) is 2.75. The normalized spacial score (nSPS) is 22.8. The van der Waals surface area contributed by atoms with Crippen molar-refractivity contribution in [2.45, 2.75) is 18.9 Å². The van der Waals surface area contributed by atoms with Gasteiger partial charge >= 0.3 is 0 Å². The zero-order chi connectivity index (χ0) is 10.1. The number of rotatable bonds is 2. The second kappa shape index (κ2) is 3.67. The molecule has 5 heteroatoms. The van der Waals surface area contributed by atoms with Crippen LogP contribution in [0.5, 0.6) is 0 Å². The quantitative estimate of drug-likeness (QED) is 0.794. The lowest BCUT2D eigenvalue weighted by Gasteiger charge is -2.16. The minimum absolute atomic E-state index is 0.382. The zero-order valence-electron chi connectivity index (χ0n) is 8.06. The number of nitrogens with zero attached hydrogens (tertiary/aromatic N) is 2. The van der Waals surface area contributed by atoms with Gasteiger partial charge in [-0.15, -0.1) is 11.3 Å². The number of hydrogen-bond donors (Lipinski definition) is 1. The van der Waals surface area contributed by atoms with Crippen LogP contribution in [-0.4, -0.2) is 29.4 Å². The highest BCUT2D eigenvalue weighted by molar-refractivity contribution is 7.09. The van der Waals surface area contributed by atoms with Gasteiger partial charge in [-0.1, -0.05) is 0 Å². The van der Waals surface area contributed by atoms with E-state index in [1.165, 1.54) is 17.8 Å². The van der Waals surface area contributed by atoms with E-state index < -0.39 is 5.91 Å². The van der Waals surface area contributed by atoms with Gasteiger partial charge in [0.05, 0.1) is 6.04 Å². The number of hydrogen-bond acceptors (Lipinski definition) is 4. The Kier molecular flexibility index (Phi) is 2.52. The Labute approximate surface area is 86.7 Å². The predicted octanol–water partition coefficient (Wildman–Crippen LogP) is 1.01. The third-order valence-corrected chi connectivity index (χ3v) is 3.53. The molecule has 0 saturated carbocycles. The topological polar surface area (TPSA) is 59.2 Å². The summed E-state index contributed by atoms with van der Waals surface area (Å²) in [7, 11) is 2.09. The fourth-order valence-electron chi connectivity index (χ4n) is 1.78. The molecule has 0 aromatic carbocycles. The van der Waals surface area contributed by atoms with Crippen LogP contribution in [0, 0.1) is 0 Å². The van der Waals surface area contributed by atoms with Crippen molar-refractivity contribution in [1.29, 1.82) is 0 Å². The lowest BCUT2D eigenvalue weighted by Crippen LogP contribution is -2.18. The van der Waals surface area contributed by atoms with E-state index in [9.17, 15) is 4.79 Å². The van der Waals surface area contributed by atoms with Gasteiger partial charge in [-0.05, 0) is 26.4 Å². The van der Waals surface area contributed by atoms with Gasteiger partial charge in [0, 0.05) is 5.38 Å². The first-order valence-electron chi connectivity index (χ1n) is 4.64. The molecule has 0 spiro atoms. The maximum absolute atomic E-state index is 10.9. The molecule has 0 radical (unpaired) electrons. The maximum Gasteiger partial charge on any atom is 0.268 e. The van der Waals surface area contributed by atoms with E-state index in [1.807, 2.05) is 0 Å². The van der Waals surface area contributed by atoms with Gasteiger partial charge in [-0.3, -0.25) is 9.69 Å². The predicted molar refractivity (Wildman–Crippen MR) is 55.2 cm³/mol. The van der Waals surface area contributed by atoms with Crippen LogP contribution in [0.15, 0.2) is 5.38 Å². The van der Waals surface area contributed by atoms with E-state index in [0.717, 1.165) is 18.0 Å². The van der Waals surface area contributed by atoms with Crippen molar-refractivity contribution in [2.75, 3.05) is 13.6 Å². The zero-order valence-corrected chi connectivity index (χ0v) is 8.88. The molecule has 2 N–H and O–H groups in total. The van der Waals surface area contributed by atoms with Crippen LogP contribution >= 0.6 is 11.3 Å². The van der Waals surface area contributed by atoms with Crippen LogP contribution in [0.3, 0.4) is 0 Å². The summed E-state index contributed by atoms with van der Waals surface area (Å²) in [6.45, 7) is 1.11. The fraction of sp³-hybridized carbons (Fsp3) is 0.556. The van der Waals surface area contributed by atoms with E-state index in [4.69, 9.17) is 5.73 Å². The summed E-state index contributed by atoms with van der Waals surface area (Å²) in [5.41, 5.74) is 5.55. The molecule has 1 aliphatic heterocycles. The Balaban J connectivity index is 2.20. The van der Waals surface area contributed by atoms with Crippen LogP contribution in [0.1, 0.15) is 34.4 Å². The van der Waals surface area contributed by atoms with Crippen LogP contribution in [0.2, 0.25) is 0 Å². The van der Waals surface area contributed by atoms with Crippen LogP contribution in [-0.2, 0) is 0 Å². The number of thiazole rings is 1. The smallest absolute Gasteiger partial charge is 0.268 e. The van der Waals surface area contributed by atoms with Gasteiger partial charge in [-0.2, -0.15) is 0 Å². The van der Waals surface area contributed by atoms with E-state index >= 15 is 0 Å². The van der Waals surface area contributed by atoms with Crippen molar-refractivity contribution >= 4 is 17.2 Å². The lowest BCUT2D eigenvalue weighted by atomic mass is 10.2. The largest absolute Gasteiger partial charge is 0.364 e. The summed E-state index contributed by atoms with van der Waals surface area (Å²) in [5.74, 6) is -0.437. The molecular formula is C9H13N3OS. The Morgan fingerprint density at radius 1 is 1.79 bits per heavy atom. The lowest BCUT2D eigenvalue weighted by molar-refractivity contribution is 0.0996. The number of primary amides is 1. The van der Waals surface area contributed by atoms with Crippen LogP contribution in [0.25, 0.3) is 0 Å². The fourth-order valence-corrected chi connectivity index (χ4v) is 2.78. The highest BCUT2D eigenvalue weighted by Gasteiger charge is 2.25. The molecule has 2 rings (SSSR count). The molecule has 1 amide bonds. The van der Waals surface area contributed by atoms with Crippen molar-refractivity contribution in [3.05, 3.63) is 16.1 Å². The van der Waals surface area contributed by atoms with Crippen molar-refractivity contribution in [3.63, 3.8) is 0 Å². The average molecular weight is 211 g/mol. The molecule has 1 unspecified atom stereocenters. The molecule has 0 bridgehead atoms. The highest BCUT2D eigenvalue weighted by atomic mass is 32.1. The minimum atomic E-state index is -0.437. The van der Waals surface area contributed by atoms with Crippen molar-refractivity contribution in [3.8, 4) is 0 Å². The van der Waals surface area contributed by atoms with E-state index in [2.05, 4.69) is 16.9 Å². The molecular weight excluding hydrogens is 198 g/mol. The third kappa shape index (κ3) is 1.65. The van der Waals surface area contributed by atoms with Gasteiger partial charge in [0.1, 0.15) is 10.7 Å². The number of nitrogens with two attached hydrogens (primary N) is 1. The Bertz CT molecular complexity index is 350. The number of aromatic nitrogens is 1. The first kappa shape index (κ1) is 9.61. The molecule has 1 fully saturated rings. The molecule has 1 saturated heterocycles. The molecule has 4 nitrogen and oxygen atoms in total. The number of amides is 1.